The van der Waals surface area contributed by atoms with Gasteiger partial charge in [0.05, 0.1) is 26.7 Å². The fourth-order valence-corrected chi connectivity index (χ4v) is 5.19. The second-order valence-electron chi connectivity index (χ2n) is 6.71. The molecule has 0 saturated carbocycles. The number of hydrogen-bond acceptors (Lipinski definition) is 4. The van der Waals surface area contributed by atoms with Crippen LogP contribution < -0.4 is 10.2 Å². The molecule has 162 valence electrons. The van der Waals surface area contributed by atoms with Crippen molar-refractivity contribution in [1.29, 1.82) is 0 Å². The number of aromatic nitrogens is 1. The SMILES string of the molecule is Cl.O=S(=O)(c1cccc(C(F)(F)F)c1)n1ccc2c(N3CCNCC3)c(Cl)ccc21. The molecule has 1 aromatic heterocycles. The molecule has 3 aromatic rings. The first-order chi connectivity index (χ1) is 13.7. The third-order valence-electron chi connectivity index (χ3n) is 4.91. The van der Waals surface area contributed by atoms with Gasteiger partial charge in [-0.05, 0) is 36.4 Å². The number of nitrogens with one attached hydrogen (secondary N) is 1. The van der Waals surface area contributed by atoms with Crippen molar-refractivity contribution in [2.75, 3.05) is 31.1 Å². The number of piperazine rings is 1. The van der Waals surface area contributed by atoms with Crippen molar-refractivity contribution in [3.05, 3.63) is 59.2 Å². The Bertz CT molecular complexity index is 1170. The summed E-state index contributed by atoms with van der Waals surface area (Å²) in [6.45, 7) is 2.97. The Kier molecular flexibility index (Phi) is 6.29. The van der Waals surface area contributed by atoms with E-state index in [2.05, 4.69) is 10.2 Å². The molecule has 1 fully saturated rings. The van der Waals surface area contributed by atoms with E-state index >= 15 is 0 Å². The summed E-state index contributed by atoms with van der Waals surface area (Å²) in [5, 5.41) is 4.37. The van der Waals surface area contributed by atoms with Gasteiger partial charge in [-0.25, -0.2) is 12.4 Å². The molecule has 0 bridgehead atoms. The number of nitrogens with zero attached hydrogens (tertiary/aromatic N) is 2. The van der Waals surface area contributed by atoms with Crippen LogP contribution in [-0.4, -0.2) is 38.6 Å². The van der Waals surface area contributed by atoms with Crippen LogP contribution in [0.2, 0.25) is 5.02 Å². The van der Waals surface area contributed by atoms with Gasteiger partial charge in [-0.1, -0.05) is 17.7 Å². The molecular formula is C19H18Cl2F3N3O2S. The standard InChI is InChI=1S/C19H17ClF3N3O2S.ClH/c20-16-4-5-17-15(18(16)25-10-7-24-8-11-25)6-9-26(17)29(27,28)14-3-1-2-13(12-14)19(21,22)23;/h1-6,9,12,24H,7-8,10-11H2;1H. The summed E-state index contributed by atoms with van der Waals surface area (Å²) < 4.78 is 66.3. The van der Waals surface area contributed by atoms with Crippen LogP contribution in [0.25, 0.3) is 10.9 Å². The number of benzene rings is 2. The van der Waals surface area contributed by atoms with E-state index < -0.39 is 26.7 Å². The van der Waals surface area contributed by atoms with Gasteiger partial charge in [-0.3, -0.25) is 0 Å². The summed E-state index contributed by atoms with van der Waals surface area (Å²) in [5.41, 5.74) is 0.0728. The minimum Gasteiger partial charge on any atom is -0.367 e. The Morgan fingerprint density at radius 2 is 1.73 bits per heavy atom. The molecule has 30 heavy (non-hydrogen) atoms. The maximum atomic E-state index is 13.1. The predicted molar refractivity (Wildman–Crippen MR) is 113 cm³/mol. The molecule has 0 unspecified atom stereocenters. The molecule has 1 N–H and O–H groups in total. The highest BCUT2D eigenvalue weighted by Crippen LogP contribution is 2.37. The molecule has 5 nitrogen and oxygen atoms in total. The summed E-state index contributed by atoms with van der Waals surface area (Å²) >= 11 is 6.40. The van der Waals surface area contributed by atoms with E-state index in [0.717, 1.165) is 40.9 Å². The van der Waals surface area contributed by atoms with Gasteiger partial charge in [-0.15, -0.1) is 12.4 Å². The van der Waals surface area contributed by atoms with E-state index in [4.69, 9.17) is 11.6 Å². The molecule has 0 radical (unpaired) electrons. The first-order valence-corrected chi connectivity index (χ1v) is 10.7. The van der Waals surface area contributed by atoms with Crippen LogP contribution in [0.3, 0.4) is 0 Å². The highest BCUT2D eigenvalue weighted by Gasteiger charge is 2.32. The molecule has 2 heterocycles. The van der Waals surface area contributed by atoms with Crippen molar-refractivity contribution in [3.8, 4) is 0 Å². The molecule has 1 aliphatic heterocycles. The van der Waals surface area contributed by atoms with Gasteiger partial charge in [0.25, 0.3) is 10.0 Å². The van der Waals surface area contributed by atoms with Crippen molar-refractivity contribution in [3.63, 3.8) is 0 Å². The first kappa shape index (κ1) is 22.7. The maximum absolute atomic E-state index is 13.1. The fraction of sp³-hybridized carbons (Fsp3) is 0.263. The minimum absolute atomic E-state index is 0. The average Bonchev–Trinajstić information content (AvgIpc) is 3.13. The third kappa shape index (κ3) is 3.99. The molecule has 0 spiro atoms. The molecule has 2 aromatic carbocycles. The lowest BCUT2D eigenvalue weighted by Gasteiger charge is -2.30. The molecule has 0 atom stereocenters. The minimum atomic E-state index is -4.63. The summed E-state index contributed by atoms with van der Waals surface area (Å²) in [5.74, 6) is 0. The summed E-state index contributed by atoms with van der Waals surface area (Å²) in [7, 11) is -4.22. The Balaban J connectivity index is 0.00000256. The first-order valence-electron chi connectivity index (χ1n) is 8.87. The van der Waals surface area contributed by atoms with E-state index in [1.807, 2.05) is 0 Å². The van der Waals surface area contributed by atoms with Gasteiger partial charge in [0.1, 0.15) is 0 Å². The Morgan fingerprint density at radius 1 is 1.03 bits per heavy atom. The summed E-state index contributed by atoms with van der Waals surface area (Å²) in [6.07, 6.45) is -3.28. The van der Waals surface area contributed by atoms with Gasteiger partial charge >= 0.3 is 6.18 Å². The molecule has 0 amide bonds. The van der Waals surface area contributed by atoms with Gasteiger partial charge in [0.2, 0.25) is 0 Å². The van der Waals surface area contributed by atoms with Gasteiger partial charge in [0.15, 0.2) is 0 Å². The average molecular weight is 480 g/mol. The van der Waals surface area contributed by atoms with Crippen molar-refractivity contribution in [2.45, 2.75) is 11.1 Å². The van der Waals surface area contributed by atoms with Gasteiger partial charge in [-0.2, -0.15) is 13.2 Å². The maximum Gasteiger partial charge on any atom is 0.416 e. The zero-order chi connectivity index (χ0) is 20.8. The summed E-state index contributed by atoms with van der Waals surface area (Å²) in [6, 6.07) is 8.54. The van der Waals surface area contributed by atoms with Crippen molar-refractivity contribution in [1.82, 2.24) is 9.29 Å². The Labute approximate surface area is 182 Å². The summed E-state index contributed by atoms with van der Waals surface area (Å²) in [4.78, 5) is 1.64. The van der Waals surface area contributed by atoms with Crippen LogP contribution in [0, 0.1) is 0 Å². The van der Waals surface area contributed by atoms with E-state index in [-0.39, 0.29) is 12.4 Å². The second-order valence-corrected chi connectivity index (χ2v) is 8.93. The Morgan fingerprint density at radius 3 is 2.40 bits per heavy atom. The van der Waals surface area contributed by atoms with E-state index in [0.29, 0.717) is 35.1 Å². The van der Waals surface area contributed by atoms with Crippen LogP contribution in [0.4, 0.5) is 18.9 Å². The largest absolute Gasteiger partial charge is 0.416 e. The number of hydrogen-bond donors (Lipinski definition) is 1. The van der Waals surface area contributed by atoms with Crippen molar-refractivity contribution in [2.24, 2.45) is 0 Å². The van der Waals surface area contributed by atoms with Crippen LogP contribution in [0.15, 0.2) is 53.6 Å². The van der Waals surface area contributed by atoms with Crippen LogP contribution in [-0.2, 0) is 16.2 Å². The number of rotatable bonds is 3. The molecule has 0 aliphatic carbocycles. The molecule has 1 aliphatic rings. The molecule has 1 saturated heterocycles. The third-order valence-corrected chi connectivity index (χ3v) is 6.90. The van der Waals surface area contributed by atoms with E-state index in [1.165, 1.54) is 6.20 Å². The molecule has 11 heteroatoms. The van der Waals surface area contributed by atoms with Gasteiger partial charge < -0.3 is 10.2 Å². The van der Waals surface area contributed by atoms with Crippen molar-refractivity contribution >= 4 is 50.6 Å². The zero-order valence-corrected chi connectivity index (χ0v) is 17.9. The number of fused-ring (bicyclic) bond motifs is 1. The normalized spacial score (nSPS) is 15.3. The van der Waals surface area contributed by atoms with Crippen molar-refractivity contribution < 1.29 is 21.6 Å². The highest BCUT2D eigenvalue weighted by molar-refractivity contribution is 7.90. The predicted octanol–water partition coefficient (Wildman–Crippen LogP) is 4.38. The lowest BCUT2D eigenvalue weighted by molar-refractivity contribution is -0.137. The number of anilines is 1. The molecular weight excluding hydrogens is 462 g/mol. The number of halogens is 5. The Hall–Kier alpha value is -1.94. The zero-order valence-electron chi connectivity index (χ0n) is 15.5. The second kappa shape index (κ2) is 8.30. The monoisotopic (exact) mass is 479 g/mol. The highest BCUT2D eigenvalue weighted by atomic mass is 35.5. The van der Waals surface area contributed by atoms with Crippen LogP contribution >= 0.6 is 24.0 Å². The number of alkyl halides is 3. The van der Waals surface area contributed by atoms with Crippen LogP contribution in [0.1, 0.15) is 5.56 Å². The van der Waals surface area contributed by atoms with Crippen LogP contribution in [0.5, 0.6) is 0 Å². The molecule has 4 rings (SSSR count). The quantitative estimate of drug-likeness (QED) is 0.605. The van der Waals surface area contributed by atoms with E-state index in [1.54, 1.807) is 18.2 Å². The lowest BCUT2D eigenvalue weighted by Crippen LogP contribution is -2.43. The topological polar surface area (TPSA) is 54.3 Å². The smallest absolute Gasteiger partial charge is 0.367 e. The van der Waals surface area contributed by atoms with Gasteiger partial charge in [0, 0.05) is 37.8 Å². The lowest BCUT2D eigenvalue weighted by atomic mass is 10.2. The van der Waals surface area contributed by atoms with E-state index in [9.17, 15) is 21.6 Å². The fourth-order valence-electron chi connectivity index (χ4n) is 3.52.